The van der Waals surface area contributed by atoms with E-state index < -0.39 is 0 Å². The second kappa shape index (κ2) is 4.22. The number of nitrogens with zero attached hydrogens (tertiary/aromatic N) is 2. The highest BCUT2D eigenvalue weighted by Crippen LogP contribution is 2.29. The number of carbonyl (C=O) groups is 1. The summed E-state index contributed by atoms with van der Waals surface area (Å²) in [7, 11) is 2.24. The van der Waals surface area contributed by atoms with Crippen molar-refractivity contribution < 1.29 is 4.79 Å². The van der Waals surface area contributed by atoms with Crippen molar-refractivity contribution in [2.75, 3.05) is 20.1 Å². The molecule has 2 bridgehead atoms. The third kappa shape index (κ3) is 2.08. The van der Waals surface area contributed by atoms with E-state index in [9.17, 15) is 4.79 Å². The molecule has 2 rings (SSSR count). The average Bonchev–Trinajstić information content (AvgIpc) is 2.40. The van der Waals surface area contributed by atoms with Gasteiger partial charge in [-0.1, -0.05) is 0 Å². The summed E-state index contributed by atoms with van der Waals surface area (Å²) < 4.78 is 0. The number of rotatable bonds is 2. The molecular weight excluding hydrogens is 188 g/mol. The topological polar surface area (TPSA) is 23.6 Å². The smallest absolute Gasteiger partial charge is 0.146 e. The Morgan fingerprint density at radius 2 is 1.93 bits per heavy atom. The molecule has 0 N–H and O–H groups in total. The summed E-state index contributed by atoms with van der Waals surface area (Å²) in [6.45, 7) is 5.92. The van der Waals surface area contributed by atoms with Crippen LogP contribution in [-0.2, 0) is 4.79 Å². The van der Waals surface area contributed by atoms with Gasteiger partial charge < -0.3 is 0 Å². The molecular formula is C12H22N2O. The molecule has 3 atom stereocenters. The SMILES string of the molecule is CC(=O)C(C)N1CCC2CCC(C1)N2C. The molecule has 2 aliphatic rings. The van der Waals surface area contributed by atoms with E-state index in [0.717, 1.165) is 19.1 Å². The maximum Gasteiger partial charge on any atom is 0.146 e. The monoisotopic (exact) mass is 210 g/mol. The minimum atomic E-state index is 0.109. The lowest BCUT2D eigenvalue weighted by Crippen LogP contribution is -2.43. The molecule has 0 saturated carbocycles. The van der Waals surface area contributed by atoms with Crippen molar-refractivity contribution >= 4 is 5.78 Å². The Kier molecular flexibility index (Phi) is 3.12. The molecule has 0 spiro atoms. The molecule has 2 heterocycles. The van der Waals surface area contributed by atoms with Gasteiger partial charge in [-0.15, -0.1) is 0 Å². The van der Waals surface area contributed by atoms with E-state index in [1.165, 1.54) is 19.3 Å². The van der Waals surface area contributed by atoms with Crippen LogP contribution in [0, 0.1) is 0 Å². The van der Waals surface area contributed by atoms with Crippen LogP contribution in [-0.4, -0.2) is 53.8 Å². The fourth-order valence-corrected chi connectivity index (χ4v) is 2.94. The van der Waals surface area contributed by atoms with Crippen LogP contribution in [0.1, 0.15) is 33.1 Å². The van der Waals surface area contributed by atoms with Gasteiger partial charge in [0.2, 0.25) is 0 Å². The van der Waals surface area contributed by atoms with E-state index >= 15 is 0 Å². The lowest BCUT2D eigenvalue weighted by atomic mass is 10.1. The van der Waals surface area contributed by atoms with Crippen LogP contribution >= 0.6 is 0 Å². The summed E-state index contributed by atoms with van der Waals surface area (Å²) in [5.41, 5.74) is 0. The standard InChI is InChI=1S/C12H22N2O/c1-9(10(2)15)14-7-6-11-4-5-12(8-14)13(11)3/h9,11-12H,4-8H2,1-3H3. The van der Waals surface area contributed by atoms with Crippen molar-refractivity contribution in [3.05, 3.63) is 0 Å². The van der Waals surface area contributed by atoms with E-state index in [4.69, 9.17) is 0 Å². The molecule has 3 nitrogen and oxygen atoms in total. The number of ketones is 1. The predicted molar refractivity (Wildman–Crippen MR) is 60.9 cm³/mol. The molecule has 0 radical (unpaired) electrons. The number of hydrogen-bond donors (Lipinski definition) is 0. The quantitative estimate of drug-likeness (QED) is 0.682. The van der Waals surface area contributed by atoms with Crippen LogP contribution < -0.4 is 0 Å². The predicted octanol–water partition coefficient (Wildman–Crippen LogP) is 1.13. The van der Waals surface area contributed by atoms with Gasteiger partial charge in [0.25, 0.3) is 0 Å². The van der Waals surface area contributed by atoms with Crippen LogP contribution in [0.3, 0.4) is 0 Å². The van der Waals surface area contributed by atoms with E-state index in [0.29, 0.717) is 11.8 Å². The van der Waals surface area contributed by atoms with Gasteiger partial charge in [0.1, 0.15) is 5.78 Å². The molecule has 15 heavy (non-hydrogen) atoms. The molecule has 0 amide bonds. The second-order valence-corrected chi connectivity index (χ2v) is 5.12. The average molecular weight is 210 g/mol. The van der Waals surface area contributed by atoms with Crippen LogP contribution in [0.5, 0.6) is 0 Å². The number of hydrogen-bond acceptors (Lipinski definition) is 3. The first-order valence-corrected chi connectivity index (χ1v) is 6.06. The molecule has 0 aromatic carbocycles. The highest BCUT2D eigenvalue weighted by molar-refractivity contribution is 5.80. The first-order chi connectivity index (χ1) is 7.09. The Morgan fingerprint density at radius 3 is 2.60 bits per heavy atom. The highest BCUT2D eigenvalue weighted by Gasteiger charge is 2.36. The maximum atomic E-state index is 11.4. The van der Waals surface area contributed by atoms with Crippen molar-refractivity contribution in [2.24, 2.45) is 0 Å². The van der Waals surface area contributed by atoms with Gasteiger partial charge in [-0.3, -0.25) is 14.6 Å². The Morgan fingerprint density at radius 1 is 1.27 bits per heavy atom. The fourth-order valence-electron chi connectivity index (χ4n) is 2.94. The molecule has 86 valence electrons. The molecule has 0 aliphatic carbocycles. The van der Waals surface area contributed by atoms with Crippen molar-refractivity contribution in [1.29, 1.82) is 0 Å². The summed E-state index contributed by atoms with van der Waals surface area (Å²) in [6, 6.07) is 1.55. The molecule has 2 saturated heterocycles. The number of carbonyl (C=O) groups excluding carboxylic acids is 1. The molecule has 3 unspecified atom stereocenters. The van der Waals surface area contributed by atoms with Crippen molar-refractivity contribution in [3.8, 4) is 0 Å². The lowest BCUT2D eigenvalue weighted by molar-refractivity contribution is -0.121. The third-order valence-electron chi connectivity index (χ3n) is 4.32. The van der Waals surface area contributed by atoms with Gasteiger partial charge in [-0.05, 0) is 40.2 Å². The molecule has 0 aromatic rings. The highest BCUT2D eigenvalue weighted by atomic mass is 16.1. The summed E-state index contributed by atoms with van der Waals surface area (Å²) in [6.07, 6.45) is 3.89. The summed E-state index contributed by atoms with van der Waals surface area (Å²) >= 11 is 0. The minimum absolute atomic E-state index is 0.109. The maximum absolute atomic E-state index is 11.4. The second-order valence-electron chi connectivity index (χ2n) is 5.12. The Bertz CT molecular complexity index is 254. The van der Waals surface area contributed by atoms with Crippen LogP contribution in [0.4, 0.5) is 0 Å². The van der Waals surface area contributed by atoms with Crippen molar-refractivity contribution in [3.63, 3.8) is 0 Å². The fraction of sp³-hybridized carbons (Fsp3) is 0.917. The van der Waals surface area contributed by atoms with E-state index in [-0.39, 0.29) is 6.04 Å². The third-order valence-corrected chi connectivity index (χ3v) is 4.32. The summed E-state index contributed by atoms with van der Waals surface area (Å²) in [5, 5.41) is 0. The van der Waals surface area contributed by atoms with Gasteiger partial charge in [-0.25, -0.2) is 0 Å². The van der Waals surface area contributed by atoms with Gasteiger partial charge in [0.15, 0.2) is 0 Å². The Hall–Kier alpha value is -0.410. The molecule has 2 aliphatic heterocycles. The van der Waals surface area contributed by atoms with E-state index in [2.05, 4.69) is 16.8 Å². The zero-order valence-electron chi connectivity index (χ0n) is 10.1. The first-order valence-electron chi connectivity index (χ1n) is 6.06. The first kappa shape index (κ1) is 11.1. The number of Topliss-reactive ketones (excluding diaryl/α,β-unsaturated/α-hetero) is 1. The minimum Gasteiger partial charge on any atom is -0.299 e. The zero-order valence-corrected chi connectivity index (χ0v) is 10.1. The number of likely N-dealkylation sites (tertiary alicyclic amines) is 1. The lowest BCUT2D eigenvalue weighted by Gasteiger charge is -2.29. The van der Waals surface area contributed by atoms with E-state index in [1.807, 2.05) is 6.92 Å². The van der Waals surface area contributed by atoms with Gasteiger partial charge in [0.05, 0.1) is 6.04 Å². The summed E-state index contributed by atoms with van der Waals surface area (Å²) in [5.74, 6) is 0.301. The molecule has 2 fully saturated rings. The molecule has 0 aromatic heterocycles. The largest absolute Gasteiger partial charge is 0.299 e. The van der Waals surface area contributed by atoms with Crippen molar-refractivity contribution in [1.82, 2.24) is 9.80 Å². The van der Waals surface area contributed by atoms with Gasteiger partial charge >= 0.3 is 0 Å². The van der Waals surface area contributed by atoms with Crippen LogP contribution in [0.15, 0.2) is 0 Å². The van der Waals surface area contributed by atoms with E-state index in [1.54, 1.807) is 6.92 Å². The Labute approximate surface area is 92.4 Å². The van der Waals surface area contributed by atoms with Crippen LogP contribution in [0.25, 0.3) is 0 Å². The number of likely N-dealkylation sites (N-methyl/N-ethyl adjacent to an activating group) is 1. The summed E-state index contributed by atoms with van der Waals surface area (Å²) in [4.78, 5) is 16.3. The number of fused-ring (bicyclic) bond motifs is 2. The Balaban J connectivity index is 2.03. The zero-order chi connectivity index (χ0) is 11.0. The van der Waals surface area contributed by atoms with Crippen molar-refractivity contribution in [2.45, 2.75) is 51.2 Å². The van der Waals surface area contributed by atoms with Crippen LogP contribution in [0.2, 0.25) is 0 Å². The van der Waals surface area contributed by atoms with Gasteiger partial charge in [0, 0.05) is 25.2 Å². The molecule has 3 heteroatoms. The normalized spacial score (nSPS) is 35.1. The van der Waals surface area contributed by atoms with Gasteiger partial charge in [-0.2, -0.15) is 0 Å².